The third-order valence-electron chi connectivity index (χ3n) is 5.55. The summed E-state index contributed by atoms with van der Waals surface area (Å²) >= 11 is 12.1. The van der Waals surface area contributed by atoms with E-state index in [1.54, 1.807) is 6.20 Å². The molecule has 0 radical (unpaired) electrons. The lowest BCUT2D eigenvalue weighted by Crippen LogP contribution is -2.47. The minimum absolute atomic E-state index is 0.0261. The standard InChI is InChI=1S/C26H21Cl2N5O5/c27-21-12-19(33(36)37)10-18(24(21)28)14-30-32-25(34)23(11-17-13-29-22-9-5-4-8-20(17)22)31-26(35)38-15-16-6-2-1-3-7-16/h1-10,12-14,23,29H,11,15H2,(H,31,35)(H,32,34)/b30-14-/t23-/m0/s1. The average Bonchev–Trinajstić information content (AvgIpc) is 3.32. The summed E-state index contributed by atoms with van der Waals surface area (Å²) in [6.45, 7) is 0.0261. The average molecular weight is 554 g/mol. The summed E-state index contributed by atoms with van der Waals surface area (Å²) in [6.07, 6.45) is 2.24. The molecule has 4 rings (SSSR count). The van der Waals surface area contributed by atoms with Crippen molar-refractivity contribution in [1.29, 1.82) is 0 Å². The fraction of sp³-hybridized carbons (Fsp3) is 0.115. The van der Waals surface area contributed by atoms with Gasteiger partial charge in [0.25, 0.3) is 11.6 Å². The molecule has 1 aromatic heterocycles. The molecule has 0 saturated heterocycles. The van der Waals surface area contributed by atoms with E-state index >= 15 is 0 Å². The number of hydrogen-bond acceptors (Lipinski definition) is 6. The van der Waals surface area contributed by atoms with Crippen LogP contribution in [0.3, 0.4) is 0 Å². The lowest BCUT2D eigenvalue weighted by Gasteiger charge is -2.17. The number of fused-ring (bicyclic) bond motifs is 1. The van der Waals surface area contributed by atoms with Gasteiger partial charge in [0.1, 0.15) is 12.6 Å². The number of amides is 2. The van der Waals surface area contributed by atoms with E-state index in [4.69, 9.17) is 27.9 Å². The number of carbonyl (C=O) groups is 2. The van der Waals surface area contributed by atoms with Gasteiger partial charge in [0.2, 0.25) is 0 Å². The summed E-state index contributed by atoms with van der Waals surface area (Å²) in [5, 5.41) is 18.5. The molecule has 12 heteroatoms. The van der Waals surface area contributed by atoms with Gasteiger partial charge < -0.3 is 15.0 Å². The molecule has 0 aliphatic carbocycles. The highest BCUT2D eigenvalue weighted by molar-refractivity contribution is 6.43. The Bertz CT molecular complexity index is 1510. The van der Waals surface area contributed by atoms with E-state index in [1.807, 2.05) is 54.6 Å². The molecule has 3 aromatic carbocycles. The van der Waals surface area contributed by atoms with Crippen LogP contribution in [0.25, 0.3) is 10.9 Å². The van der Waals surface area contributed by atoms with Crippen molar-refractivity contribution in [3.05, 3.63) is 110 Å². The van der Waals surface area contributed by atoms with Gasteiger partial charge in [-0.25, -0.2) is 10.2 Å². The van der Waals surface area contributed by atoms with E-state index in [9.17, 15) is 19.7 Å². The zero-order valence-electron chi connectivity index (χ0n) is 19.7. The van der Waals surface area contributed by atoms with Crippen molar-refractivity contribution in [3.63, 3.8) is 0 Å². The Hall–Kier alpha value is -4.41. The van der Waals surface area contributed by atoms with E-state index in [0.717, 1.165) is 34.3 Å². The lowest BCUT2D eigenvalue weighted by atomic mass is 10.0. The smallest absolute Gasteiger partial charge is 0.408 e. The predicted octanol–water partition coefficient (Wildman–Crippen LogP) is 5.37. The van der Waals surface area contributed by atoms with Gasteiger partial charge in [0, 0.05) is 41.2 Å². The second-order valence-corrected chi connectivity index (χ2v) is 8.93. The van der Waals surface area contributed by atoms with Gasteiger partial charge in [-0.05, 0) is 17.2 Å². The molecule has 0 bridgehead atoms. The minimum atomic E-state index is -1.06. The largest absolute Gasteiger partial charge is 0.445 e. The number of nitrogens with zero attached hydrogens (tertiary/aromatic N) is 2. The number of alkyl carbamates (subject to hydrolysis) is 1. The topological polar surface area (TPSA) is 139 Å². The third-order valence-corrected chi connectivity index (χ3v) is 6.37. The van der Waals surface area contributed by atoms with E-state index in [2.05, 4.69) is 20.8 Å². The van der Waals surface area contributed by atoms with Crippen LogP contribution >= 0.6 is 23.2 Å². The van der Waals surface area contributed by atoms with Crippen molar-refractivity contribution < 1.29 is 19.2 Å². The predicted molar refractivity (Wildman–Crippen MR) is 144 cm³/mol. The van der Waals surface area contributed by atoms with Gasteiger partial charge in [-0.2, -0.15) is 5.10 Å². The first-order valence-corrected chi connectivity index (χ1v) is 12.1. The number of halogens is 2. The number of nitro benzene ring substituents is 1. The van der Waals surface area contributed by atoms with Crippen molar-refractivity contribution in [2.75, 3.05) is 0 Å². The molecule has 194 valence electrons. The Kier molecular flexibility index (Phi) is 8.57. The maximum absolute atomic E-state index is 13.1. The zero-order chi connectivity index (χ0) is 27.1. The molecular weight excluding hydrogens is 533 g/mol. The third kappa shape index (κ3) is 6.67. The van der Waals surface area contributed by atoms with E-state index in [1.165, 1.54) is 6.07 Å². The second-order valence-electron chi connectivity index (χ2n) is 8.14. The first-order chi connectivity index (χ1) is 18.3. The number of nitrogens with one attached hydrogen (secondary N) is 3. The van der Waals surface area contributed by atoms with Gasteiger partial charge in [-0.1, -0.05) is 71.7 Å². The Balaban J connectivity index is 1.50. The molecule has 2 amide bonds. The molecule has 0 unspecified atom stereocenters. The molecule has 0 aliphatic rings. The summed E-state index contributed by atoms with van der Waals surface area (Å²) in [5.41, 5.74) is 4.65. The molecule has 10 nitrogen and oxygen atoms in total. The van der Waals surface area contributed by atoms with Gasteiger partial charge in [-0.15, -0.1) is 0 Å². The number of H-pyrrole nitrogens is 1. The maximum Gasteiger partial charge on any atom is 0.408 e. The number of hydrazone groups is 1. The van der Waals surface area contributed by atoms with Crippen LogP contribution in [0.4, 0.5) is 10.5 Å². The normalized spacial score (nSPS) is 11.8. The summed E-state index contributed by atoms with van der Waals surface area (Å²) in [6, 6.07) is 17.9. The van der Waals surface area contributed by atoms with Crippen LogP contribution < -0.4 is 10.7 Å². The molecule has 0 aliphatic heterocycles. The number of aromatic amines is 1. The second kappa shape index (κ2) is 12.2. The molecule has 1 heterocycles. The summed E-state index contributed by atoms with van der Waals surface area (Å²) < 4.78 is 5.28. The number of ether oxygens (including phenoxy) is 1. The molecule has 0 saturated carbocycles. The zero-order valence-corrected chi connectivity index (χ0v) is 21.2. The van der Waals surface area contributed by atoms with Crippen LogP contribution in [0.15, 0.2) is 78.0 Å². The lowest BCUT2D eigenvalue weighted by molar-refractivity contribution is -0.384. The van der Waals surface area contributed by atoms with Crippen molar-refractivity contribution in [3.8, 4) is 0 Å². The molecular formula is C26H21Cl2N5O5. The number of para-hydroxylation sites is 1. The number of nitro groups is 1. The number of rotatable bonds is 9. The highest BCUT2D eigenvalue weighted by atomic mass is 35.5. The molecule has 4 aromatic rings. The molecule has 0 spiro atoms. The fourth-order valence-corrected chi connectivity index (χ4v) is 4.05. The molecule has 0 fully saturated rings. The Morgan fingerprint density at radius 1 is 1.11 bits per heavy atom. The van der Waals surface area contributed by atoms with Crippen LogP contribution in [0.1, 0.15) is 16.7 Å². The quantitative estimate of drug-likeness (QED) is 0.145. The summed E-state index contributed by atoms with van der Waals surface area (Å²) in [5.74, 6) is -0.643. The highest BCUT2D eigenvalue weighted by Crippen LogP contribution is 2.29. The van der Waals surface area contributed by atoms with Gasteiger partial charge in [0.15, 0.2) is 0 Å². The Morgan fingerprint density at radius 3 is 2.61 bits per heavy atom. The minimum Gasteiger partial charge on any atom is -0.445 e. The van der Waals surface area contributed by atoms with Crippen molar-refractivity contribution >= 4 is 58.0 Å². The summed E-state index contributed by atoms with van der Waals surface area (Å²) in [4.78, 5) is 39.2. The number of carbonyl (C=O) groups excluding carboxylic acids is 2. The van der Waals surface area contributed by atoms with E-state index in [0.29, 0.717) is 0 Å². The van der Waals surface area contributed by atoms with Crippen LogP contribution in [0.5, 0.6) is 0 Å². The van der Waals surface area contributed by atoms with Gasteiger partial charge >= 0.3 is 6.09 Å². The van der Waals surface area contributed by atoms with Crippen LogP contribution in [0.2, 0.25) is 10.0 Å². The number of aromatic nitrogens is 1. The van der Waals surface area contributed by atoms with Crippen LogP contribution in [-0.2, 0) is 22.6 Å². The Morgan fingerprint density at radius 2 is 1.84 bits per heavy atom. The van der Waals surface area contributed by atoms with Gasteiger partial charge in [0.05, 0.1) is 21.2 Å². The monoisotopic (exact) mass is 553 g/mol. The number of hydrogen-bond donors (Lipinski definition) is 3. The number of non-ortho nitro benzene ring substituents is 1. The highest BCUT2D eigenvalue weighted by Gasteiger charge is 2.23. The summed E-state index contributed by atoms with van der Waals surface area (Å²) in [7, 11) is 0. The maximum atomic E-state index is 13.1. The SMILES string of the molecule is O=C(N[C@@H](Cc1c[nH]c2ccccc12)C(=O)N/N=C\c1cc([N+](=O)[O-])cc(Cl)c1Cl)OCc1ccccc1. The van der Waals surface area contributed by atoms with Crippen molar-refractivity contribution in [2.45, 2.75) is 19.1 Å². The number of benzene rings is 3. The molecule has 3 N–H and O–H groups in total. The van der Waals surface area contributed by atoms with Crippen LogP contribution in [0, 0.1) is 10.1 Å². The van der Waals surface area contributed by atoms with E-state index in [-0.39, 0.29) is 34.3 Å². The van der Waals surface area contributed by atoms with Crippen LogP contribution in [-0.4, -0.2) is 34.2 Å². The first-order valence-electron chi connectivity index (χ1n) is 11.3. The van der Waals surface area contributed by atoms with E-state index < -0.39 is 23.0 Å². The molecule has 1 atom stereocenters. The Labute approximate surface area is 226 Å². The van der Waals surface area contributed by atoms with Crippen molar-refractivity contribution in [2.24, 2.45) is 5.10 Å². The fourth-order valence-electron chi connectivity index (χ4n) is 3.67. The molecule has 38 heavy (non-hydrogen) atoms. The van der Waals surface area contributed by atoms with Crippen molar-refractivity contribution in [1.82, 2.24) is 15.7 Å². The first kappa shape index (κ1) is 26.6. The van der Waals surface area contributed by atoms with Gasteiger partial charge in [-0.3, -0.25) is 14.9 Å².